The molecule has 1 N–H and O–H groups in total. The molecule has 0 aromatic heterocycles. The Morgan fingerprint density at radius 2 is 1.83 bits per heavy atom. The van der Waals surface area contributed by atoms with E-state index in [1.807, 2.05) is 73.8 Å². The average Bonchev–Trinajstić information content (AvgIpc) is 2.58. The van der Waals surface area contributed by atoms with Crippen molar-refractivity contribution in [3.63, 3.8) is 0 Å². The van der Waals surface area contributed by atoms with Gasteiger partial charge in [-0.05, 0) is 42.7 Å². The number of nitrogens with one attached hydrogen (secondary N) is 1. The third-order valence-corrected chi connectivity index (χ3v) is 4.10. The van der Waals surface area contributed by atoms with Crippen LogP contribution >= 0.6 is 11.8 Å². The predicted octanol–water partition coefficient (Wildman–Crippen LogP) is 3.26. The maximum absolute atomic E-state index is 12.2. The number of carbonyl (C=O) groups excluding carboxylic acids is 1. The second kappa shape index (κ2) is 8.30. The van der Waals surface area contributed by atoms with E-state index in [9.17, 15) is 4.79 Å². The zero-order valence-electron chi connectivity index (χ0n) is 13.6. The van der Waals surface area contributed by atoms with Gasteiger partial charge in [0.05, 0.1) is 12.1 Å². The first-order valence-electron chi connectivity index (χ1n) is 7.29. The highest BCUT2D eigenvalue weighted by molar-refractivity contribution is 7.98. The molecule has 0 unspecified atom stereocenters. The van der Waals surface area contributed by atoms with Gasteiger partial charge in [-0.1, -0.05) is 24.0 Å². The maximum Gasteiger partial charge on any atom is 0.253 e. The molecule has 2 aromatic rings. The van der Waals surface area contributed by atoms with Gasteiger partial charge in [0, 0.05) is 30.2 Å². The average molecular weight is 324 g/mol. The van der Waals surface area contributed by atoms with Crippen LogP contribution in [0.5, 0.6) is 0 Å². The zero-order chi connectivity index (χ0) is 16.7. The normalized spacial score (nSPS) is 9.70. The highest BCUT2D eigenvalue weighted by Crippen LogP contribution is 2.19. The molecule has 4 heteroatoms. The summed E-state index contributed by atoms with van der Waals surface area (Å²) in [7, 11) is 4.01. The SMILES string of the molecule is CSc1ccccc1C(=O)NCC#Cc1ccc(N(C)C)cc1. The van der Waals surface area contributed by atoms with E-state index in [1.54, 1.807) is 11.8 Å². The minimum atomic E-state index is -0.0906. The number of thioether (sulfide) groups is 1. The van der Waals surface area contributed by atoms with Crippen LogP contribution in [0.15, 0.2) is 53.4 Å². The fourth-order valence-corrected chi connectivity index (χ4v) is 2.64. The monoisotopic (exact) mass is 324 g/mol. The van der Waals surface area contributed by atoms with Crippen LogP contribution in [0, 0.1) is 11.8 Å². The molecular formula is C19H20N2OS. The van der Waals surface area contributed by atoms with Gasteiger partial charge in [-0.25, -0.2) is 0 Å². The highest BCUT2D eigenvalue weighted by Gasteiger charge is 2.08. The van der Waals surface area contributed by atoms with Crippen LogP contribution in [0.3, 0.4) is 0 Å². The summed E-state index contributed by atoms with van der Waals surface area (Å²) < 4.78 is 0. The summed E-state index contributed by atoms with van der Waals surface area (Å²) in [4.78, 5) is 15.2. The van der Waals surface area contributed by atoms with E-state index in [-0.39, 0.29) is 5.91 Å². The number of amides is 1. The van der Waals surface area contributed by atoms with Crippen LogP contribution in [0.25, 0.3) is 0 Å². The molecule has 0 fully saturated rings. The Morgan fingerprint density at radius 3 is 2.48 bits per heavy atom. The molecule has 118 valence electrons. The zero-order valence-corrected chi connectivity index (χ0v) is 14.4. The summed E-state index contributed by atoms with van der Waals surface area (Å²) in [5, 5.41) is 2.84. The largest absolute Gasteiger partial charge is 0.378 e. The van der Waals surface area contributed by atoms with Crippen LogP contribution in [-0.4, -0.2) is 32.8 Å². The molecule has 0 heterocycles. The van der Waals surface area contributed by atoms with Crippen LogP contribution in [0.2, 0.25) is 0 Å². The second-order valence-electron chi connectivity index (χ2n) is 5.13. The van der Waals surface area contributed by atoms with E-state index >= 15 is 0 Å². The number of hydrogen-bond donors (Lipinski definition) is 1. The number of hydrogen-bond acceptors (Lipinski definition) is 3. The molecule has 0 aliphatic carbocycles. The summed E-state index contributed by atoms with van der Waals surface area (Å²) in [5.74, 6) is 5.95. The Bertz CT molecular complexity index is 727. The van der Waals surface area contributed by atoms with Crippen molar-refractivity contribution < 1.29 is 4.79 Å². The Kier molecular flexibility index (Phi) is 6.13. The Labute approximate surface area is 142 Å². The van der Waals surface area contributed by atoms with Gasteiger partial charge in [0.1, 0.15) is 0 Å². The molecule has 0 saturated heterocycles. The quantitative estimate of drug-likeness (QED) is 0.692. The standard InChI is InChI=1S/C19H20N2OS/c1-21(2)16-12-10-15(11-13-16)7-6-14-20-19(22)17-8-4-5-9-18(17)23-3/h4-5,8-13H,14H2,1-3H3,(H,20,22). The molecule has 0 aliphatic rings. The number of anilines is 1. The molecule has 2 rings (SSSR count). The number of carbonyl (C=O) groups is 1. The molecular weight excluding hydrogens is 304 g/mol. The van der Waals surface area contributed by atoms with Gasteiger partial charge in [-0.3, -0.25) is 4.79 Å². The molecule has 0 atom stereocenters. The van der Waals surface area contributed by atoms with Crippen molar-refractivity contribution in [1.82, 2.24) is 5.32 Å². The third-order valence-electron chi connectivity index (χ3n) is 3.31. The lowest BCUT2D eigenvalue weighted by molar-refractivity contribution is 0.0956. The Morgan fingerprint density at radius 1 is 1.13 bits per heavy atom. The molecule has 0 saturated carbocycles. The van der Waals surface area contributed by atoms with Gasteiger partial charge in [0.15, 0.2) is 0 Å². The van der Waals surface area contributed by atoms with E-state index in [2.05, 4.69) is 17.2 Å². The maximum atomic E-state index is 12.2. The van der Waals surface area contributed by atoms with Gasteiger partial charge in [0.2, 0.25) is 0 Å². The molecule has 1 amide bonds. The first-order valence-corrected chi connectivity index (χ1v) is 8.52. The summed E-state index contributed by atoms with van der Waals surface area (Å²) in [6, 6.07) is 15.6. The number of nitrogens with zero attached hydrogens (tertiary/aromatic N) is 1. The number of benzene rings is 2. The van der Waals surface area contributed by atoms with Crippen molar-refractivity contribution >= 4 is 23.4 Å². The fraction of sp³-hybridized carbons (Fsp3) is 0.211. The van der Waals surface area contributed by atoms with E-state index in [1.165, 1.54) is 0 Å². The fourth-order valence-electron chi connectivity index (χ4n) is 2.04. The van der Waals surface area contributed by atoms with Crippen molar-refractivity contribution in [2.75, 3.05) is 31.8 Å². The third kappa shape index (κ3) is 4.80. The minimum absolute atomic E-state index is 0.0906. The molecule has 0 bridgehead atoms. The molecule has 0 spiro atoms. The topological polar surface area (TPSA) is 32.3 Å². The van der Waals surface area contributed by atoms with Crippen molar-refractivity contribution in [3.05, 3.63) is 59.7 Å². The van der Waals surface area contributed by atoms with Crippen LogP contribution in [-0.2, 0) is 0 Å². The second-order valence-corrected chi connectivity index (χ2v) is 5.97. The van der Waals surface area contributed by atoms with E-state index < -0.39 is 0 Å². The lowest BCUT2D eigenvalue weighted by Crippen LogP contribution is -2.24. The van der Waals surface area contributed by atoms with Gasteiger partial charge >= 0.3 is 0 Å². The first kappa shape index (κ1) is 17.0. The van der Waals surface area contributed by atoms with Crippen molar-refractivity contribution in [3.8, 4) is 11.8 Å². The summed E-state index contributed by atoms with van der Waals surface area (Å²) >= 11 is 1.56. The summed E-state index contributed by atoms with van der Waals surface area (Å²) in [5.41, 5.74) is 2.77. The van der Waals surface area contributed by atoms with Gasteiger partial charge in [0.25, 0.3) is 5.91 Å². The minimum Gasteiger partial charge on any atom is -0.378 e. The first-order chi connectivity index (χ1) is 11.1. The molecule has 2 aromatic carbocycles. The van der Waals surface area contributed by atoms with Gasteiger partial charge < -0.3 is 10.2 Å². The molecule has 23 heavy (non-hydrogen) atoms. The lowest BCUT2D eigenvalue weighted by Gasteiger charge is -2.11. The Hall–Kier alpha value is -2.38. The van der Waals surface area contributed by atoms with Crippen molar-refractivity contribution in [2.45, 2.75) is 4.90 Å². The van der Waals surface area contributed by atoms with Crippen LogP contribution in [0.4, 0.5) is 5.69 Å². The van der Waals surface area contributed by atoms with E-state index in [4.69, 9.17) is 0 Å². The van der Waals surface area contributed by atoms with Crippen LogP contribution < -0.4 is 10.2 Å². The van der Waals surface area contributed by atoms with Crippen LogP contribution in [0.1, 0.15) is 15.9 Å². The van der Waals surface area contributed by atoms with Crippen molar-refractivity contribution in [1.29, 1.82) is 0 Å². The summed E-state index contributed by atoms with van der Waals surface area (Å²) in [6.45, 7) is 0.330. The molecule has 3 nitrogen and oxygen atoms in total. The van der Waals surface area contributed by atoms with Crippen molar-refractivity contribution in [2.24, 2.45) is 0 Å². The predicted molar refractivity (Wildman–Crippen MR) is 98.2 cm³/mol. The lowest BCUT2D eigenvalue weighted by atomic mass is 10.2. The van der Waals surface area contributed by atoms with Gasteiger partial charge in [-0.15, -0.1) is 11.8 Å². The summed E-state index contributed by atoms with van der Waals surface area (Å²) in [6.07, 6.45) is 1.96. The number of rotatable bonds is 4. The van der Waals surface area contributed by atoms with E-state index in [0.717, 1.165) is 16.1 Å². The van der Waals surface area contributed by atoms with Gasteiger partial charge in [-0.2, -0.15) is 0 Å². The molecule has 0 radical (unpaired) electrons. The van der Waals surface area contributed by atoms with E-state index in [0.29, 0.717) is 12.1 Å². The molecule has 0 aliphatic heterocycles. The highest BCUT2D eigenvalue weighted by atomic mass is 32.2. The smallest absolute Gasteiger partial charge is 0.253 e. The Balaban J connectivity index is 1.93.